The van der Waals surface area contributed by atoms with Gasteiger partial charge in [-0.3, -0.25) is 9.78 Å². The van der Waals surface area contributed by atoms with E-state index in [9.17, 15) is 17.6 Å². The first-order valence-electron chi connectivity index (χ1n) is 7.82. The fourth-order valence-corrected chi connectivity index (χ4v) is 3.45. The number of carbonyl (C=O) groups is 1. The number of halogens is 1. The number of likely N-dealkylation sites (N-methyl/N-ethyl adjacent to an activating group) is 1. The van der Waals surface area contributed by atoms with Crippen molar-refractivity contribution in [3.63, 3.8) is 0 Å². The Bertz CT molecular complexity index is 1040. The zero-order valence-corrected chi connectivity index (χ0v) is 15.1. The lowest BCUT2D eigenvalue weighted by Crippen LogP contribution is -2.35. The molecule has 3 rings (SSSR count). The first-order valence-corrected chi connectivity index (χ1v) is 9.26. The molecule has 2 heterocycles. The molecule has 1 aromatic carbocycles. The first-order chi connectivity index (χ1) is 12.9. The summed E-state index contributed by atoms with van der Waals surface area (Å²) in [5.41, 5.74) is 0.496. The van der Waals surface area contributed by atoms with Crippen molar-refractivity contribution in [2.24, 2.45) is 0 Å². The number of rotatable bonds is 6. The van der Waals surface area contributed by atoms with Gasteiger partial charge in [0.2, 0.25) is 15.9 Å². The Labute approximate surface area is 155 Å². The molecule has 0 bridgehead atoms. The maximum Gasteiger partial charge on any atom is 0.244 e. The highest BCUT2D eigenvalue weighted by atomic mass is 32.2. The van der Waals surface area contributed by atoms with Crippen LogP contribution in [0.15, 0.2) is 66.3 Å². The fourth-order valence-electron chi connectivity index (χ4n) is 2.36. The van der Waals surface area contributed by atoms with E-state index in [2.05, 4.69) is 15.3 Å². The van der Waals surface area contributed by atoms with Crippen molar-refractivity contribution in [1.29, 1.82) is 0 Å². The third kappa shape index (κ3) is 4.18. The lowest BCUT2D eigenvalue weighted by molar-refractivity contribution is -0.116. The van der Waals surface area contributed by atoms with E-state index in [0.717, 1.165) is 10.4 Å². The molecule has 8 nitrogen and oxygen atoms in total. The van der Waals surface area contributed by atoms with Crippen LogP contribution in [0.1, 0.15) is 0 Å². The van der Waals surface area contributed by atoms with Gasteiger partial charge >= 0.3 is 0 Å². The zero-order chi connectivity index (χ0) is 19.4. The fraction of sp³-hybridized carbons (Fsp3) is 0.118. The van der Waals surface area contributed by atoms with Crippen LogP contribution in [0.25, 0.3) is 5.69 Å². The van der Waals surface area contributed by atoms with Crippen LogP contribution < -0.4 is 5.32 Å². The maximum atomic E-state index is 14.2. The molecule has 0 unspecified atom stereocenters. The van der Waals surface area contributed by atoms with Gasteiger partial charge in [0.15, 0.2) is 0 Å². The molecule has 3 aromatic rings. The minimum Gasteiger partial charge on any atom is -0.325 e. The van der Waals surface area contributed by atoms with Crippen LogP contribution in [0.3, 0.4) is 0 Å². The van der Waals surface area contributed by atoms with Gasteiger partial charge in [0.25, 0.3) is 0 Å². The van der Waals surface area contributed by atoms with Crippen molar-refractivity contribution in [2.75, 3.05) is 18.9 Å². The van der Waals surface area contributed by atoms with E-state index >= 15 is 0 Å². The van der Waals surface area contributed by atoms with Gasteiger partial charge in [0.05, 0.1) is 18.6 Å². The highest BCUT2D eigenvalue weighted by Gasteiger charge is 2.23. The van der Waals surface area contributed by atoms with Gasteiger partial charge in [0.1, 0.15) is 10.7 Å². The van der Waals surface area contributed by atoms with Crippen molar-refractivity contribution >= 4 is 21.6 Å². The SMILES string of the molecule is CN(CC(=O)Nc1ccc(-n2ccnc2)c(F)c1)S(=O)(=O)c1cccnc1. The number of carbonyl (C=O) groups excluding carboxylic acids is 1. The van der Waals surface area contributed by atoms with E-state index in [1.807, 2.05) is 0 Å². The Kier molecular flexibility index (Phi) is 5.28. The summed E-state index contributed by atoms with van der Waals surface area (Å²) < 4.78 is 41.4. The average Bonchev–Trinajstić information content (AvgIpc) is 3.16. The number of pyridine rings is 1. The molecular weight excluding hydrogens is 373 g/mol. The highest BCUT2D eigenvalue weighted by Crippen LogP contribution is 2.18. The number of anilines is 1. The van der Waals surface area contributed by atoms with E-state index < -0.39 is 28.3 Å². The number of imidazole rings is 1. The second kappa shape index (κ2) is 7.64. The molecule has 0 aliphatic heterocycles. The second-order valence-corrected chi connectivity index (χ2v) is 7.68. The number of hydrogen-bond acceptors (Lipinski definition) is 5. The monoisotopic (exact) mass is 389 g/mol. The number of benzene rings is 1. The maximum absolute atomic E-state index is 14.2. The van der Waals surface area contributed by atoms with Gasteiger partial charge in [-0.05, 0) is 30.3 Å². The summed E-state index contributed by atoms with van der Waals surface area (Å²) in [7, 11) is -2.56. The van der Waals surface area contributed by atoms with Crippen LogP contribution in [0, 0.1) is 5.82 Å². The summed E-state index contributed by atoms with van der Waals surface area (Å²) in [5.74, 6) is -1.15. The number of nitrogens with one attached hydrogen (secondary N) is 1. The minimum absolute atomic E-state index is 0.0176. The average molecular weight is 389 g/mol. The molecule has 140 valence electrons. The molecule has 0 radical (unpaired) electrons. The number of aromatic nitrogens is 3. The molecule has 0 saturated carbocycles. The molecule has 10 heteroatoms. The van der Waals surface area contributed by atoms with Crippen molar-refractivity contribution in [2.45, 2.75) is 4.90 Å². The minimum atomic E-state index is -3.85. The molecule has 0 spiro atoms. The van der Waals surface area contributed by atoms with Gasteiger partial charge < -0.3 is 9.88 Å². The summed E-state index contributed by atoms with van der Waals surface area (Å²) in [6.45, 7) is -0.428. The molecule has 0 aliphatic rings. The Hall–Kier alpha value is -3.11. The largest absolute Gasteiger partial charge is 0.325 e. The number of amides is 1. The third-order valence-electron chi connectivity index (χ3n) is 3.72. The molecule has 27 heavy (non-hydrogen) atoms. The van der Waals surface area contributed by atoms with Crippen molar-refractivity contribution in [1.82, 2.24) is 18.8 Å². The standard InChI is InChI=1S/C17H16FN5O3S/c1-22(27(25,26)14-3-2-6-19-10-14)11-17(24)21-13-4-5-16(15(18)9-13)23-8-7-20-12-23/h2-10,12H,11H2,1H3,(H,21,24). The van der Waals surface area contributed by atoms with Gasteiger partial charge in [-0.1, -0.05) is 0 Å². The van der Waals surface area contributed by atoms with Gasteiger partial charge in [0, 0.05) is 37.5 Å². The molecular formula is C17H16FN5O3S. The Morgan fingerprint density at radius 3 is 2.70 bits per heavy atom. The molecule has 0 fully saturated rings. The summed E-state index contributed by atoms with van der Waals surface area (Å²) in [4.78, 5) is 19.8. The topological polar surface area (TPSA) is 97.2 Å². The number of hydrogen-bond donors (Lipinski definition) is 1. The van der Waals surface area contributed by atoms with Crippen LogP contribution in [0.5, 0.6) is 0 Å². The molecule has 1 N–H and O–H groups in total. The summed E-state index contributed by atoms with van der Waals surface area (Å²) in [6, 6.07) is 7.05. The molecule has 0 atom stereocenters. The Balaban J connectivity index is 1.68. The predicted molar refractivity (Wildman–Crippen MR) is 96.2 cm³/mol. The van der Waals surface area contributed by atoms with E-state index in [-0.39, 0.29) is 16.3 Å². The van der Waals surface area contributed by atoms with E-state index in [1.165, 1.54) is 60.8 Å². The van der Waals surface area contributed by atoms with E-state index in [0.29, 0.717) is 0 Å². The molecule has 1 amide bonds. The third-order valence-corrected chi connectivity index (χ3v) is 5.51. The van der Waals surface area contributed by atoms with Crippen LogP contribution >= 0.6 is 0 Å². The smallest absolute Gasteiger partial charge is 0.244 e. The van der Waals surface area contributed by atoms with E-state index in [4.69, 9.17) is 0 Å². The van der Waals surface area contributed by atoms with Gasteiger partial charge in [-0.2, -0.15) is 4.31 Å². The normalized spacial score (nSPS) is 11.5. The lowest BCUT2D eigenvalue weighted by Gasteiger charge is -2.16. The summed E-state index contributed by atoms with van der Waals surface area (Å²) >= 11 is 0. The molecule has 0 saturated heterocycles. The summed E-state index contributed by atoms with van der Waals surface area (Å²) in [6.07, 6.45) is 7.22. The number of nitrogens with zero attached hydrogens (tertiary/aromatic N) is 4. The Morgan fingerprint density at radius 2 is 2.07 bits per heavy atom. The lowest BCUT2D eigenvalue weighted by atomic mass is 10.2. The first kappa shape index (κ1) is 18.7. The Morgan fingerprint density at radius 1 is 1.26 bits per heavy atom. The van der Waals surface area contributed by atoms with Crippen LogP contribution in [-0.4, -0.2) is 46.8 Å². The quantitative estimate of drug-likeness (QED) is 0.692. The molecule has 2 aromatic heterocycles. The molecule has 0 aliphatic carbocycles. The van der Waals surface area contributed by atoms with Crippen LogP contribution in [0.4, 0.5) is 10.1 Å². The second-order valence-electron chi connectivity index (χ2n) is 5.63. The highest BCUT2D eigenvalue weighted by molar-refractivity contribution is 7.89. The van der Waals surface area contributed by atoms with Crippen LogP contribution in [-0.2, 0) is 14.8 Å². The van der Waals surface area contributed by atoms with Crippen molar-refractivity contribution in [3.8, 4) is 5.69 Å². The number of sulfonamides is 1. The predicted octanol–water partition coefficient (Wildman–Crippen LogP) is 1.67. The van der Waals surface area contributed by atoms with Crippen LogP contribution in [0.2, 0.25) is 0 Å². The van der Waals surface area contributed by atoms with Gasteiger partial charge in [-0.15, -0.1) is 0 Å². The zero-order valence-electron chi connectivity index (χ0n) is 14.3. The van der Waals surface area contributed by atoms with Crippen molar-refractivity contribution < 1.29 is 17.6 Å². The van der Waals surface area contributed by atoms with Gasteiger partial charge in [-0.25, -0.2) is 17.8 Å². The summed E-state index contributed by atoms with van der Waals surface area (Å²) in [5, 5.41) is 2.48. The van der Waals surface area contributed by atoms with Crippen molar-refractivity contribution in [3.05, 3.63) is 67.3 Å². The van der Waals surface area contributed by atoms with E-state index in [1.54, 1.807) is 6.20 Å².